The van der Waals surface area contributed by atoms with Gasteiger partial charge >= 0.3 is 5.97 Å². The minimum atomic E-state index is -0.548. The lowest BCUT2D eigenvalue weighted by atomic mass is 10.1. The zero-order chi connectivity index (χ0) is 26.3. The Balaban J connectivity index is 2.52. The van der Waals surface area contributed by atoms with Crippen LogP contribution in [0.5, 0.6) is 11.5 Å². The molecule has 0 radical (unpaired) electrons. The summed E-state index contributed by atoms with van der Waals surface area (Å²) in [6.07, 6.45) is 21.2. The number of hydrogen-bond donors (Lipinski definition) is 0. The fourth-order valence-corrected chi connectivity index (χ4v) is 4.07. The van der Waals surface area contributed by atoms with Crippen LogP contribution in [-0.4, -0.2) is 31.6 Å². The molecule has 36 heavy (non-hydrogen) atoms. The van der Waals surface area contributed by atoms with E-state index in [1.807, 2.05) is 6.92 Å². The number of carbonyl (C=O) groups excluding carboxylic acids is 2. The molecule has 0 fully saturated rings. The van der Waals surface area contributed by atoms with Gasteiger partial charge in [-0.25, -0.2) is 0 Å². The first-order valence-electron chi connectivity index (χ1n) is 14.7. The zero-order valence-corrected chi connectivity index (χ0v) is 23.4. The summed E-state index contributed by atoms with van der Waals surface area (Å²) in [7, 11) is 0. The average molecular weight is 509 g/mol. The summed E-state index contributed by atoms with van der Waals surface area (Å²) >= 11 is 0. The number of ether oxygens (including phenoxy) is 3. The molecule has 1 rings (SSSR count). The summed E-state index contributed by atoms with van der Waals surface area (Å²) in [5.74, 6) is -0.167. The number of rotatable bonds is 25. The molecule has 0 saturated carbocycles. The predicted molar refractivity (Wildman–Crippen MR) is 145 cm³/mol. The van der Waals surface area contributed by atoms with Crippen molar-refractivity contribution in [2.45, 2.75) is 136 Å². The molecule has 0 amide bonds. The highest BCUT2D eigenvalue weighted by molar-refractivity contribution is 6.06. The van der Waals surface area contributed by atoms with Crippen molar-refractivity contribution < 1.29 is 28.2 Å². The number of unbranched alkanes of at least 4 members (excludes halogenated alkanes) is 14. The van der Waals surface area contributed by atoms with Crippen molar-refractivity contribution in [3.63, 3.8) is 0 Å². The second-order valence-corrected chi connectivity index (χ2v) is 9.73. The van der Waals surface area contributed by atoms with Gasteiger partial charge < -0.3 is 18.6 Å². The predicted octanol–water partition coefficient (Wildman–Crippen LogP) is 8.84. The Morgan fingerprint density at radius 1 is 0.639 bits per heavy atom. The van der Waals surface area contributed by atoms with Gasteiger partial charge in [-0.05, 0) is 19.3 Å². The molecule has 0 atom stereocenters. The fraction of sp³-hybridized carbons (Fsp3) is 0.800. The molecule has 1 aromatic rings. The Labute approximate surface area is 219 Å². The van der Waals surface area contributed by atoms with Crippen molar-refractivity contribution in [1.82, 2.24) is 0 Å². The van der Waals surface area contributed by atoms with Crippen LogP contribution in [0.3, 0.4) is 0 Å². The molecule has 0 unspecified atom stereocenters. The third-order valence-corrected chi connectivity index (χ3v) is 6.24. The highest BCUT2D eigenvalue weighted by Crippen LogP contribution is 2.35. The summed E-state index contributed by atoms with van der Waals surface area (Å²) in [6, 6.07) is 0. The second-order valence-electron chi connectivity index (χ2n) is 9.73. The van der Waals surface area contributed by atoms with Crippen LogP contribution in [0.25, 0.3) is 0 Å². The van der Waals surface area contributed by atoms with Crippen molar-refractivity contribution in [3.8, 4) is 11.5 Å². The average Bonchev–Trinajstić information content (AvgIpc) is 3.28. The number of esters is 1. The summed E-state index contributed by atoms with van der Waals surface area (Å²) < 4.78 is 22.5. The fourth-order valence-electron chi connectivity index (χ4n) is 4.07. The number of Topliss-reactive ketones (excluding diaryl/α,β-unsaturated/α-hetero) is 1. The van der Waals surface area contributed by atoms with Crippen molar-refractivity contribution in [1.29, 1.82) is 0 Å². The Morgan fingerprint density at radius 3 is 1.67 bits per heavy atom. The first-order valence-corrected chi connectivity index (χ1v) is 14.7. The normalized spacial score (nSPS) is 11.0. The van der Waals surface area contributed by atoms with Crippen LogP contribution in [-0.2, 0) is 9.53 Å². The van der Waals surface area contributed by atoms with E-state index in [4.69, 9.17) is 18.6 Å². The lowest BCUT2D eigenvalue weighted by Gasteiger charge is -2.10. The molecule has 0 aliphatic carbocycles. The zero-order valence-electron chi connectivity index (χ0n) is 23.4. The Kier molecular flexibility index (Phi) is 19.8. The highest BCUT2D eigenvalue weighted by atomic mass is 16.5. The van der Waals surface area contributed by atoms with Crippen LogP contribution in [0.15, 0.2) is 10.7 Å². The van der Waals surface area contributed by atoms with Gasteiger partial charge in [0.25, 0.3) is 0 Å². The van der Waals surface area contributed by atoms with Gasteiger partial charge in [0.05, 0.1) is 19.8 Å². The Hall–Kier alpha value is -1.98. The van der Waals surface area contributed by atoms with Gasteiger partial charge in [-0.3, -0.25) is 9.59 Å². The maximum Gasteiger partial charge on any atom is 0.313 e. The van der Waals surface area contributed by atoms with E-state index in [0.29, 0.717) is 37.7 Å². The molecule has 6 nitrogen and oxygen atoms in total. The molecule has 0 aliphatic heterocycles. The van der Waals surface area contributed by atoms with Gasteiger partial charge in [0.2, 0.25) is 23.0 Å². The van der Waals surface area contributed by atoms with Gasteiger partial charge in [-0.1, -0.05) is 111 Å². The van der Waals surface area contributed by atoms with Crippen LogP contribution in [0.4, 0.5) is 0 Å². The largest absolute Gasteiger partial charge is 0.487 e. The standard InChI is InChI=1S/C30H52O6/c1-4-7-9-11-13-15-17-19-22-33-27-25-36-29(26(31)24-28(32)34-21-6-3)30(27)35-23-20-18-16-14-12-10-8-5-2/h25H,4-24H2,1-3H3. The van der Waals surface area contributed by atoms with E-state index in [0.717, 1.165) is 25.7 Å². The molecule has 0 aromatic carbocycles. The molecule has 1 heterocycles. The molecule has 0 bridgehead atoms. The maximum absolute atomic E-state index is 12.7. The van der Waals surface area contributed by atoms with E-state index in [1.165, 1.54) is 83.3 Å². The molecule has 0 saturated heterocycles. The van der Waals surface area contributed by atoms with E-state index in [9.17, 15) is 9.59 Å². The number of hydrogen-bond acceptors (Lipinski definition) is 6. The van der Waals surface area contributed by atoms with Gasteiger partial charge in [0.15, 0.2) is 0 Å². The molecule has 0 N–H and O–H groups in total. The molecule has 0 aliphatic rings. The minimum absolute atomic E-state index is 0.0499. The second kappa shape index (κ2) is 22.2. The van der Waals surface area contributed by atoms with E-state index < -0.39 is 11.8 Å². The monoisotopic (exact) mass is 508 g/mol. The quantitative estimate of drug-likeness (QED) is 0.0568. The van der Waals surface area contributed by atoms with Gasteiger partial charge in [-0.2, -0.15) is 0 Å². The molecule has 208 valence electrons. The third-order valence-electron chi connectivity index (χ3n) is 6.24. The van der Waals surface area contributed by atoms with Crippen molar-refractivity contribution in [3.05, 3.63) is 12.0 Å². The molecular weight excluding hydrogens is 456 g/mol. The summed E-state index contributed by atoms with van der Waals surface area (Å²) in [6.45, 7) is 7.72. The Morgan fingerprint density at radius 2 is 1.14 bits per heavy atom. The molecule has 1 aromatic heterocycles. The van der Waals surface area contributed by atoms with Gasteiger partial charge in [-0.15, -0.1) is 0 Å². The lowest BCUT2D eigenvalue weighted by molar-refractivity contribution is -0.142. The highest BCUT2D eigenvalue weighted by Gasteiger charge is 2.25. The lowest BCUT2D eigenvalue weighted by Crippen LogP contribution is -2.13. The molecular formula is C30H52O6. The minimum Gasteiger partial charge on any atom is -0.487 e. The van der Waals surface area contributed by atoms with Crippen molar-refractivity contribution in [2.24, 2.45) is 0 Å². The van der Waals surface area contributed by atoms with Crippen molar-refractivity contribution in [2.75, 3.05) is 19.8 Å². The number of furan rings is 1. The van der Waals surface area contributed by atoms with E-state index in [1.54, 1.807) is 0 Å². The first kappa shape index (κ1) is 32.0. The first-order chi connectivity index (χ1) is 17.6. The van der Waals surface area contributed by atoms with E-state index >= 15 is 0 Å². The maximum atomic E-state index is 12.7. The summed E-state index contributed by atoms with van der Waals surface area (Å²) in [5.41, 5.74) is 0. The molecule has 6 heteroatoms. The third kappa shape index (κ3) is 15.2. The Bertz CT molecular complexity index is 681. The van der Waals surface area contributed by atoms with Gasteiger partial charge in [0.1, 0.15) is 12.7 Å². The number of carbonyl (C=O) groups is 2. The van der Waals surface area contributed by atoms with Crippen LogP contribution >= 0.6 is 0 Å². The summed E-state index contributed by atoms with van der Waals surface area (Å²) in [4.78, 5) is 24.6. The van der Waals surface area contributed by atoms with Gasteiger partial charge in [0, 0.05) is 0 Å². The van der Waals surface area contributed by atoms with Crippen LogP contribution in [0, 0.1) is 0 Å². The smallest absolute Gasteiger partial charge is 0.313 e. The SMILES string of the molecule is CCCCCCCCCCOc1coc(C(=O)CC(=O)OCCC)c1OCCCCCCCCCC. The topological polar surface area (TPSA) is 75.0 Å². The van der Waals surface area contributed by atoms with E-state index in [-0.39, 0.29) is 12.2 Å². The van der Waals surface area contributed by atoms with Crippen LogP contribution < -0.4 is 9.47 Å². The molecule has 0 spiro atoms. The number of ketones is 1. The van der Waals surface area contributed by atoms with Crippen LogP contribution in [0.1, 0.15) is 147 Å². The van der Waals surface area contributed by atoms with E-state index in [2.05, 4.69) is 13.8 Å². The van der Waals surface area contributed by atoms with Crippen LogP contribution in [0.2, 0.25) is 0 Å². The summed E-state index contributed by atoms with van der Waals surface area (Å²) in [5, 5.41) is 0. The van der Waals surface area contributed by atoms with Crippen molar-refractivity contribution >= 4 is 11.8 Å².